The average Bonchev–Trinajstić information content (AvgIpc) is 3.05. The molecule has 2 aromatic carbocycles. The number of hydrogen-bond donors (Lipinski definition) is 3. The number of carbonyl (C=O) groups is 2. The third kappa shape index (κ3) is 4.59. The molecule has 9 heteroatoms. The summed E-state index contributed by atoms with van der Waals surface area (Å²) in [5.74, 6) is -1.93. The van der Waals surface area contributed by atoms with Crippen LogP contribution in [0.5, 0.6) is 0 Å². The largest absolute Gasteiger partial charge is 0.481 e. The molecule has 1 aromatic heterocycles. The molecule has 0 spiro atoms. The molecular formula is C21H22Cl2N2O4S. The SMILES string of the molecule is CC(C(=O)O)c1ccc([C@@H](CO)NC(=O)c2cc3c(Cl)c(Cl)ccc3n2C)cc1.S. The number of aromatic nitrogens is 1. The predicted octanol–water partition coefficient (Wildman–Crippen LogP) is 4.25. The molecule has 0 radical (unpaired) electrons. The van der Waals surface area contributed by atoms with E-state index in [1.54, 1.807) is 61.0 Å². The Bertz CT molecular complexity index is 1080. The molecular weight excluding hydrogens is 447 g/mol. The molecule has 1 heterocycles. The van der Waals surface area contributed by atoms with Crippen molar-refractivity contribution >= 4 is 59.5 Å². The highest BCUT2D eigenvalue weighted by Crippen LogP contribution is 2.32. The lowest BCUT2D eigenvalue weighted by Crippen LogP contribution is -2.32. The Kier molecular flexibility index (Phi) is 7.82. The fraction of sp³-hybridized carbons (Fsp3) is 0.238. The Morgan fingerprint density at radius 2 is 1.70 bits per heavy atom. The third-order valence-electron chi connectivity index (χ3n) is 5.04. The van der Waals surface area contributed by atoms with Gasteiger partial charge in [0.1, 0.15) is 5.69 Å². The van der Waals surface area contributed by atoms with Crippen LogP contribution >= 0.6 is 36.7 Å². The highest BCUT2D eigenvalue weighted by atomic mass is 35.5. The van der Waals surface area contributed by atoms with Crippen LogP contribution < -0.4 is 5.32 Å². The zero-order valence-electron chi connectivity index (χ0n) is 16.3. The number of hydrogen-bond acceptors (Lipinski definition) is 3. The highest BCUT2D eigenvalue weighted by molar-refractivity contribution is 7.59. The van der Waals surface area contributed by atoms with Crippen molar-refractivity contribution in [2.75, 3.05) is 6.61 Å². The summed E-state index contributed by atoms with van der Waals surface area (Å²) in [6.45, 7) is 1.29. The van der Waals surface area contributed by atoms with E-state index < -0.39 is 17.9 Å². The molecule has 0 aliphatic rings. The van der Waals surface area contributed by atoms with Crippen molar-refractivity contribution in [3.63, 3.8) is 0 Å². The van der Waals surface area contributed by atoms with Crippen molar-refractivity contribution < 1.29 is 19.8 Å². The summed E-state index contributed by atoms with van der Waals surface area (Å²) < 4.78 is 1.71. The zero-order valence-corrected chi connectivity index (χ0v) is 18.8. The second-order valence-corrected chi connectivity index (χ2v) is 7.60. The fourth-order valence-electron chi connectivity index (χ4n) is 3.19. The highest BCUT2D eigenvalue weighted by Gasteiger charge is 2.21. The van der Waals surface area contributed by atoms with Crippen LogP contribution in [0.15, 0.2) is 42.5 Å². The molecule has 1 unspecified atom stereocenters. The summed E-state index contributed by atoms with van der Waals surface area (Å²) in [4.78, 5) is 24.0. The number of aliphatic carboxylic acids is 1. The van der Waals surface area contributed by atoms with E-state index in [-0.39, 0.29) is 26.0 Å². The van der Waals surface area contributed by atoms with Crippen molar-refractivity contribution in [2.45, 2.75) is 18.9 Å². The lowest BCUT2D eigenvalue weighted by molar-refractivity contribution is -0.138. The summed E-state index contributed by atoms with van der Waals surface area (Å²) in [6.07, 6.45) is 0. The van der Waals surface area contributed by atoms with Gasteiger partial charge in [-0.2, -0.15) is 13.5 Å². The molecule has 0 bridgehead atoms. The summed E-state index contributed by atoms with van der Waals surface area (Å²) >= 11 is 12.3. The first-order chi connectivity index (χ1) is 13.7. The molecule has 0 saturated carbocycles. The van der Waals surface area contributed by atoms with Crippen molar-refractivity contribution in [3.05, 3.63) is 69.3 Å². The van der Waals surface area contributed by atoms with Crippen molar-refractivity contribution in [1.29, 1.82) is 0 Å². The lowest BCUT2D eigenvalue weighted by atomic mass is 9.98. The van der Waals surface area contributed by atoms with Gasteiger partial charge in [-0.1, -0.05) is 47.5 Å². The number of carboxylic acids is 1. The first kappa shape index (κ1) is 24.1. The number of aliphatic hydroxyl groups is 1. The quantitative estimate of drug-likeness (QED) is 0.504. The molecule has 160 valence electrons. The maximum Gasteiger partial charge on any atom is 0.310 e. The monoisotopic (exact) mass is 468 g/mol. The summed E-state index contributed by atoms with van der Waals surface area (Å²) in [5.41, 5.74) is 2.45. The smallest absolute Gasteiger partial charge is 0.310 e. The molecule has 0 fully saturated rings. The second-order valence-electron chi connectivity index (χ2n) is 6.82. The van der Waals surface area contributed by atoms with Gasteiger partial charge in [-0.25, -0.2) is 0 Å². The number of carbonyl (C=O) groups excluding carboxylic acids is 1. The minimum Gasteiger partial charge on any atom is -0.481 e. The van der Waals surface area contributed by atoms with Crippen LogP contribution in [-0.2, 0) is 11.8 Å². The summed E-state index contributed by atoms with van der Waals surface area (Å²) in [7, 11) is 1.75. The van der Waals surface area contributed by atoms with Crippen molar-refractivity contribution in [1.82, 2.24) is 9.88 Å². The fourth-order valence-corrected chi connectivity index (χ4v) is 3.57. The molecule has 3 aromatic rings. The van der Waals surface area contributed by atoms with Gasteiger partial charge in [0.25, 0.3) is 5.91 Å². The molecule has 3 N–H and O–H groups in total. The lowest BCUT2D eigenvalue weighted by Gasteiger charge is -2.18. The minimum absolute atomic E-state index is 0. The molecule has 6 nitrogen and oxygen atoms in total. The number of aliphatic hydroxyl groups excluding tert-OH is 1. The Labute approximate surface area is 190 Å². The number of fused-ring (bicyclic) bond motifs is 1. The first-order valence-corrected chi connectivity index (χ1v) is 9.68. The topological polar surface area (TPSA) is 91.6 Å². The van der Waals surface area contributed by atoms with Gasteiger partial charge in [-0.15, -0.1) is 0 Å². The van der Waals surface area contributed by atoms with Crippen LogP contribution in [0, 0.1) is 0 Å². The third-order valence-corrected chi connectivity index (χ3v) is 5.86. The van der Waals surface area contributed by atoms with E-state index in [0.29, 0.717) is 32.3 Å². The van der Waals surface area contributed by atoms with Gasteiger partial charge in [-0.3, -0.25) is 9.59 Å². The number of rotatable bonds is 6. The van der Waals surface area contributed by atoms with Crippen LogP contribution in [-0.4, -0.2) is 33.3 Å². The number of nitrogens with zero attached hydrogens (tertiary/aromatic N) is 1. The van der Waals surface area contributed by atoms with Gasteiger partial charge in [0.2, 0.25) is 0 Å². The Morgan fingerprint density at radius 3 is 2.27 bits per heavy atom. The van der Waals surface area contributed by atoms with E-state index in [4.69, 9.17) is 28.3 Å². The molecule has 2 atom stereocenters. The average molecular weight is 469 g/mol. The number of amides is 1. The zero-order chi connectivity index (χ0) is 21.3. The second kappa shape index (κ2) is 9.75. The van der Waals surface area contributed by atoms with Crippen molar-refractivity contribution in [2.24, 2.45) is 7.05 Å². The van der Waals surface area contributed by atoms with Crippen molar-refractivity contribution in [3.8, 4) is 0 Å². The van der Waals surface area contributed by atoms with Crippen LogP contribution in [0.3, 0.4) is 0 Å². The molecule has 0 aliphatic carbocycles. The number of halogens is 2. The maximum absolute atomic E-state index is 12.8. The number of benzene rings is 2. The molecule has 0 saturated heterocycles. The van der Waals surface area contributed by atoms with Gasteiger partial charge >= 0.3 is 5.97 Å². The number of nitrogens with one attached hydrogen (secondary N) is 1. The van der Waals surface area contributed by atoms with Crippen LogP contribution in [0.2, 0.25) is 10.0 Å². The molecule has 1 amide bonds. The van der Waals surface area contributed by atoms with Crippen LogP contribution in [0.4, 0.5) is 0 Å². The van der Waals surface area contributed by atoms with Gasteiger partial charge < -0.3 is 20.1 Å². The predicted molar refractivity (Wildman–Crippen MR) is 123 cm³/mol. The van der Waals surface area contributed by atoms with E-state index in [2.05, 4.69) is 5.32 Å². The van der Waals surface area contributed by atoms with E-state index in [1.807, 2.05) is 0 Å². The molecule has 30 heavy (non-hydrogen) atoms. The van der Waals surface area contributed by atoms with Gasteiger partial charge in [0, 0.05) is 18.0 Å². The Hall–Kier alpha value is -2.19. The number of carboxylic acid groups (broad SMARTS) is 1. The van der Waals surface area contributed by atoms with E-state index in [0.717, 1.165) is 5.52 Å². The normalized spacial score (nSPS) is 12.8. The standard InChI is InChI=1S/C21H20Cl2N2O4.H2S/c1-11(21(28)29)12-3-5-13(6-4-12)16(10-26)24-20(27)18-9-14-17(25(18)2)8-7-15(22)19(14)23;/h3-9,11,16,26H,10H2,1-2H3,(H,24,27)(H,28,29);1H2/t11?,16-;/m1./s1. The maximum atomic E-state index is 12.8. The van der Waals surface area contributed by atoms with Crippen LogP contribution in [0.1, 0.15) is 40.5 Å². The first-order valence-electron chi connectivity index (χ1n) is 8.92. The van der Waals surface area contributed by atoms with Crippen LogP contribution in [0.25, 0.3) is 10.9 Å². The Morgan fingerprint density at radius 1 is 1.10 bits per heavy atom. The summed E-state index contributed by atoms with van der Waals surface area (Å²) in [6, 6.07) is 11.2. The summed E-state index contributed by atoms with van der Waals surface area (Å²) in [5, 5.41) is 23.1. The molecule has 0 aliphatic heterocycles. The van der Waals surface area contributed by atoms with Gasteiger partial charge in [0.15, 0.2) is 0 Å². The van der Waals surface area contributed by atoms with E-state index in [9.17, 15) is 14.7 Å². The number of aryl methyl sites for hydroxylation is 1. The van der Waals surface area contributed by atoms with Gasteiger partial charge in [0.05, 0.1) is 28.6 Å². The molecule has 3 rings (SSSR count). The van der Waals surface area contributed by atoms with E-state index in [1.165, 1.54) is 0 Å². The Balaban J connectivity index is 0.00000320. The van der Waals surface area contributed by atoms with Gasteiger partial charge in [-0.05, 0) is 36.2 Å². The minimum atomic E-state index is -0.917. The van der Waals surface area contributed by atoms with E-state index >= 15 is 0 Å².